The van der Waals surface area contributed by atoms with Gasteiger partial charge in [0.05, 0.1) is 41.5 Å². The highest BCUT2D eigenvalue weighted by Gasteiger charge is 2.34. The van der Waals surface area contributed by atoms with Crippen molar-refractivity contribution < 1.29 is 9.90 Å². The van der Waals surface area contributed by atoms with Crippen LogP contribution in [0.3, 0.4) is 0 Å². The number of H-pyrrole nitrogens is 1. The van der Waals surface area contributed by atoms with Crippen molar-refractivity contribution in [1.29, 1.82) is 5.26 Å². The predicted octanol–water partition coefficient (Wildman–Crippen LogP) is 3.53. The number of nitrogens with zero attached hydrogens (tertiary/aromatic N) is 5. The Hall–Kier alpha value is -4.39. The minimum absolute atomic E-state index is 0.0674. The maximum Gasteiger partial charge on any atom is 0.338 e. The first kappa shape index (κ1) is 20.5. The molecule has 3 N–H and O–H groups in total. The van der Waals surface area contributed by atoms with E-state index in [-0.39, 0.29) is 17.2 Å². The van der Waals surface area contributed by atoms with E-state index in [1.807, 2.05) is 35.9 Å². The van der Waals surface area contributed by atoms with Gasteiger partial charge in [0.1, 0.15) is 5.39 Å². The number of carboxylic acids is 1. The third-order valence-corrected chi connectivity index (χ3v) is 5.95. The minimum Gasteiger partial charge on any atom is -0.478 e. The molecule has 10 heteroatoms. The van der Waals surface area contributed by atoms with Gasteiger partial charge in [-0.1, -0.05) is 0 Å². The Labute approximate surface area is 188 Å². The average molecular weight is 443 g/mol. The number of hydrogen-bond donors (Lipinski definition) is 3. The zero-order valence-electron chi connectivity index (χ0n) is 17.8. The van der Waals surface area contributed by atoms with Crippen LogP contribution in [0.25, 0.3) is 16.6 Å². The molecule has 1 aromatic carbocycles. The Morgan fingerprint density at radius 2 is 2.21 bits per heavy atom. The van der Waals surface area contributed by atoms with Gasteiger partial charge in [0.2, 0.25) is 0 Å². The van der Waals surface area contributed by atoms with E-state index >= 15 is 0 Å². The molecule has 3 aromatic heterocycles. The van der Waals surface area contributed by atoms with Crippen molar-refractivity contribution in [2.24, 2.45) is 5.92 Å². The molecule has 0 bridgehead atoms. The monoisotopic (exact) mass is 443 g/mol. The van der Waals surface area contributed by atoms with Crippen LogP contribution in [0, 0.1) is 24.2 Å². The summed E-state index contributed by atoms with van der Waals surface area (Å²) in [7, 11) is 0. The lowest BCUT2D eigenvalue weighted by Gasteiger charge is -2.14. The zero-order chi connectivity index (χ0) is 23.1. The molecule has 1 aliphatic carbocycles. The van der Waals surface area contributed by atoms with Crippen LogP contribution in [-0.2, 0) is 0 Å². The van der Waals surface area contributed by atoms with Gasteiger partial charge in [-0.3, -0.25) is 9.48 Å². The van der Waals surface area contributed by atoms with Crippen LogP contribution in [0.4, 0.5) is 11.5 Å². The first-order valence-electron chi connectivity index (χ1n) is 10.6. The van der Waals surface area contributed by atoms with Crippen LogP contribution in [-0.4, -0.2) is 35.6 Å². The number of benzene rings is 1. The number of pyridine rings is 1. The number of fused-ring (bicyclic) bond motifs is 1. The molecule has 10 nitrogen and oxygen atoms in total. The number of anilines is 2. The van der Waals surface area contributed by atoms with E-state index in [0.717, 1.165) is 29.8 Å². The van der Waals surface area contributed by atoms with E-state index in [2.05, 4.69) is 21.5 Å². The lowest BCUT2D eigenvalue weighted by atomic mass is 10.1. The average Bonchev–Trinajstić information content (AvgIpc) is 3.38. The largest absolute Gasteiger partial charge is 0.478 e. The van der Waals surface area contributed by atoms with Gasteiger partial charge in [-0.05, 0) is 55.5 Å². The summed E-state index contributed by atoms with van der Waals surface area (Å²) in [5, 5.41) is 31.0. The Kier molecular flexibility index (Phi) is 4.94. The molecular weight excluding hydrogens is 422 g/mol. The topological polar surface area (TPSA) is 142 Å². The Morgan fingerprint density at radius 1 is 1.39 bits per heavy atom. The van der Waals surface area contributed by atoms with Crippen molar-refractivity contribution in [3.63, 3.8) is 0 Å². The molecule has 5 rings (SSSR count). The highest BCUT2D eigenvalue weighted by atomic mass is 16.4. The van der Waals surface area contributed by atoms with Gasteiger partial charge in [0.25, 0.3) is 5.56 Å². The van der Waals surface area contributed by atoms with Crippen LogP contribution in [0.1, 0.15) is 41.2 Å². The van der Waals surface area contributed by atoms with E-state index in [1.54, 1.807) is 6.20 Å². The normalized spacial score (nSPS) is 14.2. The summed E-state index contributed by atoms with van der Waals surface area (Å²) in [6.07, 6.45) is 6.80. The molecule has 4 aromatic rings. The zero-order valence-corrected chi connectivity index (χ0v) is 17.8. The van der Waals surface area contributed by atoms with Crippen molar-refractivity contribution >= 4 is 28.4 Å². The van der Waals surface area contributed by atoms with Gasteiger partial charge in [-0.15, -0.1) is 0 Å². The van der Waals surface area contributed by atoms with Crippen molar-refractivity contribution in [2.75, 3.05) is 5.32 Å². The number of carbonyl (C=O) groups is 1. The number of aromatic nitrogens is 5. The first-order valence-corrected chi connectivity index (χ1v) is 10.6. The quantitative estimate of drug-likeness (QED) is 0.397. The summed E-state index contributed by atoms with van der Waals surface area (Å²) < 4.78 is 3.33. The third kappa shape index (κ3) is 3.74. The fraction of sp³-hybridized carbons (Fsp3) is 0.261. The summed E-state index contributed by atoms with van der Waals surface area (Å²) in [5.74, 6) is -0.216. The summed E-state index contributed by atoms with van der Waals surface area (Å²) in [6, 6.07) is 9.52. The molecule has 33 heavy (non-hydrogen) atoms. The van der Waals surface area contributed by atoms with Gasteiger partial charge in [-0.2, -0.15) is 15.5 Å². The molecule has 1 fully saturated rings. The summed E-state index contributed by atoms with van der Waals surface area (Å²) >= 11 is 0. The second kappa shape index (κ2) is 7.94. The number of aryl methyl sites for hydroxylation is 1. The van der Waals surface area contributed by atoms with Crippen LogP contribution in [0.15, 0.2) is 47.7 Å². The molecule has 1 aliphatic rings. The van der Waals surface area contributed by atoms with Gasteiger partial charge < -0.3 is 15.4 Å². The SMILES string of the molecule is Cc1cc(Nc2nn(C(CC#N)C3CC3)c3cc[nH]c(=O)c23)ccc1-n1cc(C(=O)O)cn1. The predicted molar refractivity (Wildman–Crippen MR) is 121 cm³/mol. The van der Waals surface area contributed by atoms with Gasteiger partial charge >= 0.3 is 5.97 Å². The fourth-order valence-corrected chi connectivity index (χ4v) is 4.16. The maximum absolute atomic E-state index is 12.7. The van der Waals surface area contributed by atoms with Crippen molar-refractivity contribution in [2.45, 2.75) is 32.2 Å². The molecular formula is C23H21N7O3. The molecule has 0 spiro atoms. The number of hydrogen-bond acceptors (Lipinski definition) is 6. The van der Waals surface area contributed by atoms with Crippen molar-refractivity contribution in [3.05, 3.63) is 64.3 Å². The van der Waals surface area contributed by atoms with E-state index in [9.17, 15) is 14.9 Å². The van der Waals surface area contributed by atoms with Crippen LogP contribution < -0.4 is 10.9 Å². The van der Waals surface area contributed by atoms with Gasteiger partial charge in [0, 0.05) is 18.1 Å². The van der Waals surface area contributed by atoms with Crippen LogP contribution in [0.2, 0.25) is 0 Å². The van der Waals surface area contributed by atoms with Gasteiger partial charge in [-0.25, -0.2) is 9.48 Å². The minimum atomic E-state index is -1.04. The summed E-state index contributed by atoms with van der Waals surface area (Å²) in [5.41, 5.74) is 2.87. The highest BCUT2D eigenvalue weighted by Crippen LogP contribution is 2.43. The fourth-order valence-electron chi connectivity index (χ4n) is 4.16. The maximum atomic E-state index is 12.7. The smallest absolute Gasteiger partial charge is 0.338 e. The molecule has 0 radical (unpaired) electrons. The number of nitriles is 1. The molecule has 1 atom stereocenters. The molecule has 1 unspecified atom stereocenters. The number of nitrogens with one attached hydrogen (secondary N) is 2. The molecule has 0 aliphatic heterocycles. The lowest BCUT2D eigenvalue weighted by Crippen LogP contribution is -2.13. The van der Waals surface area contributed by atoms with E-state index in [1.165, 1.54) is 17.1 Å². The number of aromatic amines is 1. The Balaban J connectivity index is 1.51. The van der Waals surface area contributed by atoms with E-state index in [0.29, 0.717) is 29.1 Å². The summed E-state index contributed by atoms with van der Waals surface area (Å²) in [4.78, 5) is 26.5. The second-order valence-electron chi connectivity index (χ2n) is 8.23. The number of aromatic carboxylic acids is 1. The third-order valence-electron chi connectivity index (χ3n) is 5.95. The van der Waals surface area contributed by atoms with Crippen molar-refractivity contribution in [3.8, 4) is 11.8 Å². The standard InChI is InChI=1S/C23H21N7O3/c1-13-10-16(4-5-17(13)29-12-15(11-26-29)23(32)33)27-21-20-19(7-9-25-22(20)31)30(28-21)18(6-8-24)14-2-3-14/h4-5,7,9-12,14,18H,2-3,6H2,1H3,(H,25,31)(H,27,28)(H,32,33). The molecule has 3 heterocycles. The molecule has 166 valence electrons. The van der Waals surface area contributed by atoms with Crippen LogP contribution >= 0.6 is 0 Å². The van der Waals surface area contributed by atoms with E-state index < -0.39 is 5.97 Å². The molecule has 1 saturated carbocycles. The van der Waals surface area contributed by atoms with Crippen molar-refractivity contribution in [1.82, 2.24) is 24.5 Å². The molecule has 0 amide bonds. The van der Waals surface area contributed by atoms with E-state index in [4.69, 9.17) is 10.2 Å². The number of carboxylic acid groups (broad SMARTS) is 1. The molecule has 0 saturated heterocycles. The highest BCUT2D eigenvalue weighted by molar-refractivity contribution is 5.91. The Morgan fingerprint density at radius 3 is 2.88 bits per heavy atom. The van der Waals surface area contributed by atoms with Crippen LogP contribution in [0.5, 0.6) is 0 Å². The Bertz CT molecular complexity index is 1470. The first-order chi connectivity index (χ1) is 16.0. The summed E-state index contributed by atoms with van der Waals surface area (Å²) in [6.45, 7) is 1.89. The lowest BCUT2D eigenvalue weighted by molar-refractivity contribution is 0.0697. The number of rotatable bonds is 7. The van der Waals surface area contributed by atoms with Gasteiger partial charge in [0.15, 0.2) is 5.82 Å². The second-order valence-corrected chi connectivity index (χ2v) is 8.23.